The minimum Gasteiger partial charge on any atom is -0.504 e. The van der Waals surface area contributed by atoms with E-state index in [9.17, 15) is 25.2 Å². The second-order valence-corrected chi connectivity index (χ2v) is 11.8. The summed E-state index contributed by atoms with van der Waals surface area (Å²) in [6.45, 7) is 3.19. The highest BCUT2D eigenvalue weighted by atomic mass is 16.5. The predicted octanol–water partition coefficient (Wildman–Crippen LogP) is 3.50. The maximum absolute atomic E-state index is 11.8. The number of aromatic hydroxyl groups is 2. The molecule has 0 unspecified atom stereocenters. The molecule has 1 saturated heterocycles. The number of dihydropyridines is 1. The van der Waals surface area contributed by atoms with Gasteiger partial charge in [-0.1, -0.05) is 19.1 Å². The third-order valence-electron chi connectivity index (χ3n) is 8.43. The van der Waals surface area contributed by atoms with Crippen molar-refractivity contribution in [2.24, 2.45) is 11.7 Å². The summed E-state index contributed by atoms with van der Waals surface area (Å²) in [4.78, 5) is 11.8. The van der Waals surface area contributed by atoms with Gasteiger partial charge in [0.2, 0.25) is 5.75 Å². The summed E-state index contributed by atoms with van der Waals surface area (Å²) in [5, 5.41) is 47.7. The Balaban J connectivity index is 1.49. The zero-order chi connectivity index (χ0) is 33.2. The van der Waals surface area contributed by atoms with Crippen molar-refractivity contribution in [1.82, 2.24) is 10.6 Å². The molecule has 0 aromatic heterocycles. The Bertz CT molecular complexity index is 1400. The molecule has 12 heteroatoms. The zero-order valence-corrected chi connectivity index (χ0v) is 26.7. The molecule has 8 N–H and O–H groups in total. The normalized spacial score (nSPS) is 20.9. The Morgan fingerprint density at radius 2 is 1.89 bits per heavy atom. The first-order valence-corrected chi connectivity index (χ1v) is 15.7. The van der Waals surface area contributed by atoms with E-state index < -0.39 is 18.2 Å². The summed E-state index contributed by atoms with van der Waals surface area (Å²) < 4.78 is 23.3. The summed E-state index contributed by atoms with van der Waals surface area (Å²) in [5.41, 5.74) is 8.55. The van der Waals surface area contributed by atoms with E-state index in [-0.39, 0.29) is 54.1 Å². The number of aliphatic carboxylic acids is 1. The van der Waals surface area contributed by atoms with E-state index in [0.29, 0.717) is 62.3 Å². The quantitative estimate of drug-likeness (QED) is 0.142. The Hall–Kier alpha value is -4.13. The van der Waals surface area contributed by atoms with Gasteiger partial charge >= 0.3 is 5.97 Å². The number of aliphatic hydroxyl groups is 1. The summed E-state index contributed by atoms with van der Waals surface area (Å²) in [6.07, 6.45) is 5.04. The topological polar surface area (TPSA) is 185 Å². The first kappa shape index (κ1) is 34.7. The van der Waals surface area contributed by atoms with Crippen molar-refractivity contribution in [3.05, 3.63) is 65.0 Å². The average molecular weight is 642 g/mol. The van der Waals surface area contributed by atoms with Crippen LogP contribution in [0.3, 0.4) is 0 Å². The van der Waals surface area contributed by atoms with Gasteiger partial charge in [-0.05, 0) is 85.2 Å². The van der Waals surface area contributed by atoms with Crippen LogP contribution in [0.1, 0.15) is 56.3 Å². The molecule has 12 nitrogen and oxygen atoms in total. The second kappa shape index (κ2) is 16.4. The fourth-order valence-corrected chi connectivity index (χ4v) is 6.09. The number of carboxylic acids is 1. The van der Waals surface area contributed by atoms with E-state index in [4.69, 9.17) is 24.7 Å². The molecule has 2 aliphatic heterocycles. The third-order valence-corrected chi connectivity index (χ3v) is 8.43. The minimum absolute atomic E-state index is 0.0747. The van der Waals surface area contributed by atoms with Crippen LogP contribution in [0.15, 0.2) is 53.9 Å². The molecule has 2 aromatic carbocycles. The number of hydrogen-bond donors (Lipinski definition) is 7. The Morgan fingerprint density at radius 3 is 2.59 bits per heavy atom. The van der Waals surface area contributed by atoms with E-state index in [1.165, 1.54) is 14.2 Å². The van der Waals surface area contributed by atoms with Gasteiger partial charge in [0, 0.05) is 19.0 Å². The van der Waals surface area contributed by atoms with Crippen LogP contribution in [-0.4, -0.2) is 78.6 Å². The van der Waals surface area contributed by atoms with Gasteiger partial charge in [0.15, 0.2) is 23.0 Å². The van der Waals surface area contributed by atoms with Crippen molar-refractivity contribution < 1.29 is 44.2 Å². The summed E-state index contributed by atoms with van der Waals surface area (Å²) in [5.74, 6) is -0.0247. The van der Waals surface area contributed by atoms with E-state index in [2.05, 4.69) is 10.6 Å². The minimum atomic E-state index is -0.919. The van der Waals surface area contributed by atoms with Crippen molar-refractivity contribution in [1.29, 1.82) is 0 Å². The maximum Gasteiger partial charge on any atom is 0.303 e. The van der Waals surface area contributed by atoms with Gasteiger partial charge in [0.05, 0.1) is 44.8 Å². The molecule has 0 saturated carbocycles. The molecular weight excluding hydrogens is 594 g/mol. The van der Waals surface area contributed by atoms with Gasteiger partial charge in [-0.25, -0.2) is 0 Å². The van der Waals surface area contributed by atoms with Crippen LogP contribution >= 0.6 is 0 Å². The highest BCUT2D eigenvalue weighted by Gasteiger charge is 2.31. The number of aliphatic hydroxyl groups excluding tert-OH is 1. The van der Waals surface area contributed by atoms with Crippen molar-refractivity contribution >= 4 is 5.97 Å². The number of carboxylic acid groups (broad SMARTS) is 1. The number of benzene rings is 2. The SMILES string of the molecule is CCN[C@H](COc1cc([C@@H]2C[C@@H](O)C[C@H](CCc3ccc(O)c(OC)c3)O2)cc(OC)c1O)[C@H](CC(=O)O)CC1=CCNC(N)=C1. The van der Waals surface area contributed by atoms with E-state index in [1.807, 2.05) is 25.1 Å². The fourth-order valence-electron chi connectivity index (χ4n) is 6.09. The van der Waals surface area contributed by atoms with Crippen LogP contribution in [-0.2, 0) is 16.0 Å². The van der Waals surface area contributed by atoms with Crippen LogP contribution in [0.2, 0.25) is 0 Å². The summed E-state index contributed by atoms with van der Waals surface area (Å²) >= 11 is 0. The number of hydrogen-bond acceptors (Lipinski definition) is 11. The number of nitrogens with one attached hydrogen (secondary N) is 2. The van der Waals surface area contributed by atoms with Crippen LogP contribution in [0.4, 0.5) is 0 Å². The Morgan fingerprint density at radius 1 is 1.13 bits per heavy atom. The molecule has 0 aliphatic carbocycles. The molecule has 2 heterocycles. The lowest BCUT2D eigenvalue weighted by molar-refractivity contribution is -0.138. The molecule has 1 fully saturated rings. The van der Waals surface area contributed by atoms with E-state index >= 15 is 0 Å². The van der Waals surface area contributed by atoms with Crippen LogP contribution in [0, 0.1) is 5.92 Å². The maximum atomic E-state index is 11.8. The van der Waals surface area contributed by atoms with E-state index in [1.54, 1.807) is 24.3 Å². The summed E-state index contributed by atoms with van der Waals surface area (Å²) in [6, 6.07) is 8.24. The van der Waals surface area contributed by atoms with Crippen LogP contribution in [0.5, 0.6) is 28.7 Å². The molecule has 0 bridgehead atoms. The van der Waals surface area contributed by atoms with Crippen LogP contribution < -0.4 is 30.6 Å². The monoisotopic (exact) mass is 641 g/mol. The summed E-state index contributed by atoms with van der Waals surface area (Å²) in [7, 11) is 2.95. The Labute approximate surface area is 269 Å². The number of phenolic OH excluding ortho intramolecular Hbond substituents is 2. The van der Waals surface area contributed by atoms with Gasteiger partial charge in [0.25, 0.3) is 0 Å². The lowest BCUT2D eigenvalue weighted by atomic mass is 9.88. The number of rotatable bonds is 16. The number of carbonyl (C=O) groups is 1. The average Bonchev–Trinajstić information content (AvgIpc) is 3.02. The number of ether oxygens (including phenoxy) is 4. The standard InChI is InChI=1S/C34H47N3O9/c1-4-36-26(22(16-33(40)41)11-21-9-10-37-32(35)13-21)19-45-31-15-23(14-30(44-3)34(31)42)28-18-24(38)17-25(46-28)7-5-20-6-8-27(39)29(12-20)43-2/h6,8-9,12-15,22,24-26,28,36-39,42H,4-5,7,10-11,16-19,35H2,1-3H3,(H,40,41)/t22-,24-,25-,26+,28-/m0/s1. The fraction of sp³-hybridized carbons (Fsp3) is 0.500. The molecule has 5 atom stereocenters. The number of likely N-dealkylation sites (N-methyl/N-ethyl adjacent to an activating group) is 1. The van der Waals surface area contributed by atoms with Gasteiger partial charge < -0.3 is 55.7 Å². The van der Waals surface area contributed by atoms with Crippen molar-refractivity contribution in [3.8, 4) is 28.7 Å². The first-order chi connectivity index (χ1) is 22.1. The van der Waals surface area contributed by atoms with Gasteiger partial charge in [-0.3, -0.25) is 4.79 Å². The van der Waals surface area contributed by atoms with Crippen molar-refractivity contribution in [3.63, 3.8) is 0 Å². The number of phenols is 2. The van der Waals surface area contributed by atoms with Crippen molar-refractivity contribution in [2.75, 3.05) is 33.9 Å². The lowest BCUT2D eigenvalue weighted by Crippen LogP contribution is -2.42. The predicted molar refractivity (Wildman–Crippen MR) is 172 cm³/mol. The molecule has 2 aromatic rings. The highest BCUT2D eigenvalue weighted by molar-refractivity contribution is 5.67. The second-order valence-electron chi connectivity index (χ2n) is 11.8. The van der Waals surface area contributed by atoms with E-state index in [0.717, 1.165) is 11.1 Å². The number of allylic oxidation sites excluding steroid dienone is 2. The molecular formula is C34H47N3O9. The zero-order valence-electron chi connectivity index (χ0n) is 26.7. The molecule has 0 radical (unpaired) electrons. The molecule has 0 spiro atoms. The molecule has 46 heavy (non-hydrogen) atoms. The molecule has 252 valence electrons. The van der Waals surface area contributed by atoms with Crippen molar-refractivity contribution in [2.45, 2.75) is 69.8 Å². The molecule has 2 aliphatic rings. The molecule has 0 amide bonds. The first-order valence-electron chi connectivity index (χ1n) is 15.7. The van der Waals surface area contributed by atoms with Gasteiger partial charge in [0.1, 0.15) is 6.61 Å². The number of nitrogens with two attached hydrogens (primary N) is 1. The Kier molecular flexibility index (Phi) is 12.4. The third kappa shape index (κ3) is 9.44. The van der Waals surface area contributed by atoms with Gasteiger partial charge in [-0.2, -0.15) is 0 Å². The number of methoxy groups -OCH3 is 2. The molecule has 4 rings (SSSR count). The van der Waals surface area contributed by atoms with Crippen LogP contribution in [0.25, 0.3) is 0 Å². The lowest BCUT2D eigenvalue weighted by Gasteiger charge is -2.34. The largest absolute Gasteiger partial charge is 0.504 e. The smallest absolute Gasteiger partial charge is 0.303 e. The highest BCUT2D eigenvalue weighted by Crippen LogP contribution is 2.43. The number of aryl methyl sites for hydroxylation is 1. The van der Waals surface area contributed by atoms with Gasteiger partial charge in [-0.15, -0.1) is 0 Å².